The van der Waals surface area contributed by atoms with Gasteiger partial charge in [0.05, 0.1) is 5.69 Å². The number of aromatic nitrogens is 2. The lowest BCUT2D eigenvalue weighted by Crippen LogP contribution is -2.47. The Hall–Kier alpha value is -3.12. The lowest BCUT2D eigenvalue weighted by molar-refractivity contribution is 0.248. The van der Waals surface area contributed by atoms with Gasteiger partial charge in [-0.25, -0.2) is 4.98 Å². The fourth-order valence-corrected chi connectivity index (χ4v) is 3.35. The lowest BCUT2D eigenvalue weighted by atomic mass is 10.1. The molecule has 0 amide bonds. The predicted octanol–water partition coefficient (Wildman–Crippen LogP) is 2.34. The number of benzene rings is 2. The van der Waals surface area contributed by atoms with E-state index in [0.29, 0.717) is 11.6 Å². The molecule has 2 aromatic carbocycles. The van der Waals surface area contributed by atoms with E-state index < -0.39 is 0 Å². The summed E-state index contributed by atoms with van der Waals surface area (Å²) in [5, 5.41) is 0. The van der Waals surface area contributed by atoms with Crippen LogP contribution in [0, 0.1) is 0 Å². The number of nitrogens with one attached hydrogen (secondary N) is 1. The molecule has 0 atom stereocenters. The third-order valence-electron chi connectivity index (χ3n) is 4.86. The average Bonchev–Trinajstić information content (AvgIpc) is 2.70. The second-order valence-corrected chi connectivity index (χ2v) is 6.83. The van der Waals surface area contributed by atoms with Crippen molar-refractivity contribution in [2.45, 2.75) is 6.54 Å². The highest BCUT2D eigenvalue weighted by Gasteiger charge is 2.19. The van der Waals surface area contributed by atoms with Crippen LogP contribution in [-0.4, -0.2) is 41.0 Å². The number of nitrogen functional groups attached to an aromatic ring is 1. The number of hydrogen-bond acceptors (Lipinski definition) is 5. The number of hydrogen-bond donors (Lipinski definition) is 2. The van der Waals surface area contributed by atoms with E-state index in [1.165, 1.54) is 5.56 Å². The number of nitrogens with two attached hydrogens (primary N) is 1. The Morgan fingerprint density at radius 3 is 2.37 bits per heavy atom. The Bertz CT molecular complexity index is 944. The van der Waals surface area contributed by atoms with Crippen molar-refractivity contribution < 1.29 is 0 Å². The fourth-order valence-electron chi connectivity index (χ4n) is 3.35. The first-order chi connectivity index (χ1) is 13.2. The topological polar surface area (TPSA) is 78.2 Å². The summed E-state index contributed by atoms with van der Waals surface area (Å²) in [5.74, 6) is 0.647. The molecule has 1 aliphatic rings. The Balaban J connectivity index is 1.44. The molecule has 1 fully saturated rings. The van der Waals surface area contributed by atoms with Crippen molar-refractivity contribution >= 4 is 11.6 Å². The first-order valence-corrected chi connectivity index (χ1v) is 9.16. The van der Waals surface area contributed by atoms with E-state index in [9.17, 15) is 4.79 Å². The van der Waals surface area contributed by atoms with Gasteiger partial charge >= 0.3 is 0 Å². The van der Waals surface area contributed by atoms with Crippen molar-refractivity contribution in [1.82, 2.24) is 14.9 Å². The molecule has 3 N–H and O–H groups in total. The van der Waals surface area contributed by atoms with Gasteiger partial charge in [-0.3, -0.25) is 14.7 Å². The van der Waals surface area contributed by atoms with Crippen LogP contribution in [0.25, 0.3) is 11.3 Å². The summed E-state index contributed by atoms with van der Waals surface area (Å²) in [6.45, 7) is 4.40. The third-order valence-corrected chi connectivity index (χ3v) is 4.86. The first kappa shape index (κ1) is 17.3. The van der Waals surface area contributed by atoms with Crippen LogP contribution >= 0.6 is 0 Å². The van der Waals surface area contributed by atoms with Gasteiger partial charge in [0, 0.05) is 50.0 Å². The molecule has 6 nitrogen and oxygen atoms in total. The molecule has 138 valence electrons. The van der Waals surface area contributed by atoms with Crippen LogP contribution in [0.1, 0.15) is 5.56 Å². The van der Waals surface area contributed by atoms with Gasteiger partial charge in [-0.15, -0.1) is 0 Å². The number of nitrogens with zero attached hydrogens (tertiary/aromatic N) is 3. The summed E-state index contributed by atoms with van der Waals surface area (Å²) in [6.07, 6.45) is 0. The van der Waals surface area contributed by atoms with Crippen LogP contribution in [0.2, 0.25) is 0 Å². The molecule has 2 heterocycles. The maximum absolute atomic E-state index is 12.1. The van der Waals surface area contributed by atoms with Crippen LogP contribution in [0.15, 0.2) is 65.5 Å². The molecule has 0 bridgehead atoms. The van der Waals surface area contributed by atoms with E-state index >= 15 is 0 Å². The maximum Gasteiger partial charge on any atom is 0.252 e. The lowest BCUT2D eigenvalue weighted by Gasteiger charge is -2.35. The highest BCUT2D eigenvalue weighted by Crippen LogP contribution is 2.18. The van der Waals surface area contributed by atoms with E-state index in [4.69, 9.17) is 5.73 Å². The molecule has 0 aliphatic carbocycles. The quantitative estimate of drug-likeness (QED) is 0.698. The highest BCUT2D eigenvalue weighted by molar-refractivity contribution is 5.59. The Kier molecular flexibility index (Phi) is 4.89. The molecule has 3 aromatic rings. The molecule has 0 saturated carbocycles. The van der Waals surface area contributed by atoms with Crippen molar-refractivity contribution in [3.05, 3.63) is 76.6 Å². The molecule has 0 radical (unpaired) electrons. The molecule has 1 saturated heterocycles. The SMILES string of the molecule is Nc1ccc(CN2CCN(c3nc(-c4ccccc4)cc(=O)[nH]3)CC2)cc1. The van der Waals surface area contributed by atoms with Crippen LogP contribution in [0.4, 0.5) is 11.6 Å². The summed E-state index contributed by atoms with van der Waals surface area (Å²) >= 11 is 0. The van der Waals surface area contributed by atoms with E-state index in [1.54, 1.807) is 6.07 Å². The smallest absolute Gasteiger partial charge is 0.252 e. The van der Waals surface area contributed by atoms with Gasteiger partial charge < -0.3 is 10.6 Å². The molecule has 0 spiro atoms. The zero-order valence-electron chi connectivity index (χ0n) is 15.1. The molecular formula is C21H23N5O. The normalized spacial score (nSPS) is 15.0. The average molecular weight is 361 g/mol. The summed E-state index contributed by atoms with van der Waals surface area (Å²) in [7, 11) is 0. The van der Waals surface area contributed by atoms with Gasteiger partial charge in [-0.1, -0.05) is 42.5 Å². The molecule has 0 unspecified atom stereocenters. The van der Waals surface area contributed by atoms with Gasteiger partial charge in [0.2, 0.25) is 5.95 Å². The second kappa shape index (κ2) is 7.63. The van der Waals surface area contributed by atoms with Crippen LogP contribution in [-0.2, 0) is 6.54 Å². The molecule has 1 aromatic heterocycles. The first-order valence-electron chi connectivity index (χ1n) is 9.16. The summed E-state index contributed by atoms with van der Waals surface area (Å²) in [5.41, 5.74) is 9.34. The van der Waals surface area contributed by atoms with Gasteiger partial charge in [-0.2, -0.15) is 0 Å². The molecule has 27 heavy (non-hydrogen) atoms. The van der Waals surface area contributed by atoms with Crippen LogP contribution in [0.5, 0.6) is 0 Å². The minimum Gasteiger partial charge on any atom is -0.399 e. The number of rotatable bonds is 4. The van der Waals surface area contributed by atoms with Crippen molar-refractivity contribution in [3.8, 4) is 11.3 Å². The predicted molar refractivity (Wildman–Crippen MR) is 109 cm³/mol. The molecule has 1 aliphatic heterocycles. The number of anilines is 2. The molecular weight excluding hydrogens is 338 g/mol. The molecule has 4 rings (SSSR count). The van der Waals surface area contributed by atoms with Crippen molar-refractivity contribution in [1.29, 1.82) is 0 Å². The third kappa shape index (κ3) is 4.17. The van der Waals surface area contributed by atoms with Crippen LogP contribution in [0.3, 0.4) is 0 Å². The Morgan fingerprint density at radius 1 is 0.963 bits per heavy atom. The number of aromatic amines is 1. The van der Waals surface area contributed by atoms with Gasteiger partial charge in [0.15, 0.2) is 0 Å². The minimum atomic E-state index is -0.122. The van der Waals surface area contributed by atoms with Crippen molar-refractivity contribution in [3.63, 3.8) is 0 Å². The standard InChI is InChI=1S/C21H23N5O/c22-18-8-6-16(7-9-18)15-25-10-12-26(13-11-25)21-23-19(14-20(27)24-21)17-4-2-1-3-5-17/h1-9,14H,10-13,15,22H2,(H,23,24,27). The Morgan fingerprint density at radius 2 is 1.67 bits per heavy atom. The Labute approximate surface area is 158 Å². The minimum absolute atomic E-state index is 0.122. The van der Waals surface area contributed by atoms with Gasteiger partial charge in [0.25, 0.3) is 5.56 Å². The zero-order valence-corrected chi connectivity index (χ0v) is 15.1. The second-order valence-electron chi connectivity index (χ2n) is 6.83. The van der Waals surface area contributed by atoms with E-state index in [2.05, 4.69) is 31.9 Å². The van der Waals surface area contributed by atoms with Gasteiger partial charge in [-0.05, 0) is 17.7 Å². The van der Waals surface area contributed by atoms with E-state index in [1.807, 2.05) is 42.5 Å². The monoisotopic (exact) mass is 361 g/mol. The fraction of sp³-hybridized carbons (Fsp3) is 0.238. The van der Waals surface area contributed by atoms with Gasteiger partial charge in [0.1, 0.15) is 0 Å². The summed E-state index contributed by atoms with van der Waals surface area (Å²) < 4.78 is 0. The largest absolute Gasteiger partial charge is 0.399 e. The van der Waals surface area contributed by atoms with Crippen molar-refractivity contribution in [2.75, 3.05) is 36.8 Å². The zero-order chi connectivity index (χ0) is 18.6. The number of piperazine rings is 1. The van der Waals surface area contributed by atoms with Crippen molar-refractivity contribution in [2.24, 2.45) is 0 Å². The summed E-state index contributed by atoms with van der Waals surface area (Å²) in [6, 6.07) is 19.4. The van der Waals surface area contributed by atoms with E-state index in [-0.39, 0.29) is 5.56 Å². The number of H-pyrrole nitrogens is 1. The van der Waals surface area contributed by atoms with Crippen LogP contribution < -0.4 is 16.2 Å². The van der Waals surface area contributed by atoms with E-state index in [0.717, 1.165) is 44.0 Å². The molecule has 6 heteroatoms. The maximum atomic E-state index is 12.1. The summed E-state index contributed by atoms with van der Waals surface area (Å²) in [4.78, 5) is 24.2. The highest BCUT2D eigenvalue weighted by atomic mass is 16.1.